The molecule has 0 fully saturated rings. The van der Waals surface area contributed by atoms with Gasteiger partial charge in [-0.25, -0.2) is 5.43 Å². The van der Waals surface area contributed by atoms with Crippen molar-refractivity contribution in [3.63, 3.8) is 0 Å². The second kappa shape index (κ2) is 6.82. The highest BCUT2D eigenvalue weighted by molar-refractivity contribution is 6.31. The molecule has 2 aromatic rings. The van der Waals surface area contributed by atoms with Crippen LogP contribution in [0.5, 0.6) is 17.2 Å². The summed E-state index contributed by atoms with van der Waals surface area (Å²) in [6.45, 7) is 0. The second-order valence-corrected chi connectivity index (χ2v) is 4.72. The smallest absolute Gasteiger partial charge is 0.275 e. The van der Waals surface area contributed by atoms with Crippen molar-refractivity contribution in [1.29, 1.82) is 0 Å². The van der Waals surface area contributed by atoms with Gasteiger partial charge in [-0.3, -0.25) is 4.79 Å². The number of methoxy groups -OCH3 is 1. The lowest BCUT2D eigenvalue weighted by Gasteiger charge is -2.04. The average molecular weight is 321 g/mol. The van der Waals surface area contributed by atoms with Crippen LogP contribution in [0.1, 0.15) is 15.9 Å². The summed E-state index contributed by atoms with van der Waals surface area (Å²) in [6.07, 6.45) is 1.26. The second-order valence-electron chi connectivity index (χ2n) is 4.29. The van der Waals surface area contributed by atoms with Crippen LogP contribution in [-0.2, 0) is 0 Å². The minimum Gasteiger partial charge on any atom is -0.507 e. The van der Waals surface area contributed by atoms with Gasteiger partial charge < -0.3 is 14.9 Å². The molecule has 0 aliphatic heterocycles. The molecule has 0 heterocycles. The van der Waals surface area contributed by atoms with E-state index >= 15 is 0 Å². The van der Waals surface area contributed by atoms with Gasteiger partial charge >= 0.3 is 0 Å². The van der Waals surface area contributed by atoms with Crippen LogP contribution in [0.4, 0.5) is 0 Å². The Labute approximate surface area is 131 Å². The molecule has 0 bridgehead atoms. The molecule has 7 heteroatoms. The van der Waals surface area contributed by atoms with Crippen LogP contribution < -0.4 is 10.2 Å². The fraction of sp³-hybridized carbons (Fsp3) is 0.0667. The number of nitrogens with one attached hydrogen (secondary N) is 1. The summed E-state index contributed by atoms with van der Waals surface area (Å²) in [5.74, 6) is -0.303. The van der Waals surface area contributed by atoms with Gasteiger partial charge in [-0.1, -0.05) is 11.6 Å². The number of rotatable bonds is 4. The van der Waals surface area contributed by atoms with Crippen LogP contribution in [0, 0.1) is 0 Å². The lowest BCUT2D eigenvalue weighted by Crippen LogP contribution is -2.17. The van der Waals surface area contributed by atoms with Crippen LogP contribution >= 0.6 is 11.6 Å². The summed E-state index contributed by atoms with van der Waals surface area (Å²) in [6, 6.07) is 8.70. The van der Waals surface area contributed by atoms with Gasteiger partial charge in [0.15, 0.2) is 0 Å². The predicted molar refractivity (Wildman–Crippen MR) is 82.8 cm³/mol. The molecular formula is C15H13ClN2O4. The molecule has 0 saturated heterocycles. The number of hydrogen-bond acceptors (Lipinski definition) is 5. The van der Waals surface area contributed by atoms with Gasteiger partial charge in [-0.15, -0.1) is 0 Å². The fourth-order valence-electron chi connectivity index (χ4n) is 1.67. The Bertz CT molecular complexity index is 731. The van der Waals surface area contributed by atoms with Crippen molar-refractivity contribution in [3.05, 3.63) is 52.5 Å². The lowest BCUT2D eigenvalue weighted by atomic mass is 10.2. The fourth-order valence-corrected chi connectivity index (χ4v) is 1.85. The van der Waals surface area contributed by atoms with E-state index in [2.05, 4.69) is 10.5 Å². The van der Waals surface area contributed by atoms with Gasteiger partial charge in [0.1, 0.15) is 17.2 Å². The molecule has 0 aliphatic carbocycles. The monoisotopic (exact) mass is 320 g/mol. The van der Waals surface area contributed by atoms with Gasteiger partial charge in [0.2, 0.25) is 0 Å². The molecule has 0 spiro atoms. The SMILES string of the molecule is COc1ccc(O)c(C=NNC(=O)c2cc(Cl)ccc2O)c1. The van der Waals surface area contributed by atoms with Crippen molar-refractivity contribution in [2.24, 2.45) is 5.10 Å². The highest BCUT2D eigenvalue weighted by Gasteiger charge is 2.10. The van der Waals surface area contributed by atoms with Crippen molar-refractivity contribution in [2.45, 2.75) is 0 Å². The number of ether oxygens (including phenoxy) is 1. The van der Waals surface area contributed by atoms with Gasteiger partial charge in [0.05, 0.1) is 18.9 Å². The number of amides is 1. The van der Waals surface area contributed by atoms with Gasteiger partial charge in [-0.2, -0.15) is 5.10 Å². The highest BCUT2D eigenvalue weighted by Crippen LogP contribution is 2.22. The zero-order valence-electron chi connectivity index (χ0n) is 11.6. The van der Waals surface area contributed by atoms with Gasteiger partial charge in [0, 0.05) is 10.6 Å². The number of carbonyl (C=O) groups is 1. The van der Waals surface area contributed by atoms with E-state index in [-0.39, 0.29) is 17.1 Å². The van der Waals surface area contributed by atoms with Crippen molar-refractivity contribution < 1.29 is 19.7 Å². The average Bonchev–Trinajstić information content (AvgIpc) is 2.51. The van der Waals surface area contributed by atoms with Crippen LogP contribution in [0.3, 0.4) is 0 Å². The third-order valence-electron chi connectivity index (χ3n) is 2.81. The summed E-state index contributed by atoms with van der Waals surface area (Å²) in [5, 5.41) is 23.3. The zero-order valence-corrected chi connectivity index (χ0v) is 12.3. The Morgan fingerprint density at radius 1 is 1.23 bits per heavy atom. The number of carbonyl (C=O) groups excluding carboxylic acids is 1. The Morgan fingerprint density at radius 2 is 1.95 bits per heavy atom. The first-order valence-electron chi connectivity index (χ1n) is 6.20. The molecule has 114 valence electrons. The Balaban J connectivity index is 2.12. The Kier molecular flexibility index (Phi) is 4.85. The largest absolute Gasteiger partial charge is 0.507 e. The normalized spacial score (nSPS) is 10.6. The third kappa shape index (κ3) is 3.67. The Morgan fingerprint density at radius 3 is 2.68 bits per heavy atom. The van der Waals surface area contributed by atoms with E-state index in [4.69, 9.17) is 16.3 Å². The number of hydrogen-bond donors (Lipinski definition) is 3. The molecule has 0 atom stereocenters. The summed E-state index contributed by atoms with van der Waals surface area (Å²) in [4.78, 5) is 11.9. The molecule has 22 heavy (non-hydrogen) atoms. The highest BCUT2D eigenvalue weighted by atomic mass is 35.5. The van der Waals surface area contributed by atoms with Crippen molar-refractivity contribution in [3.8, 4) is 17.2 Å². The molecule has 1 amide bonds. The maximum atomic E-state index is 11.9. The minimum absolute atomic E-state index is 0.000450. The van der Waals surface area contributed by atoms with E-state index in [1.807, 2.05) is 0 Å². The number of phenols is 2. The molecule has 6 nitrogen and oxygen atoms in total. The standard InChI is InChI=1S/C15H13ClN2O4/c1-22-11-3-5-13(19)9(6-11)8-17-18-15(21)12-7-10(16)2-4-14(12)20/h2-8,19-20H,1H3,(H,18,21). The van der Waals surface area contributed by atoms with E-state index in [0.717, 1.165) is 0 Å². The quantitative estimate of drug-likeness (QED) is 0.596. The van der Waals surface area contributed by atoms with Crippen LogP contribution in [0.25, 0.3) is 0 Å². The number of aromatic hydroxyl groups is 2. The molecule has 0 saturated carbocycles. The number of benzene rings is 2. The molecule has 0 aliphatic rings. The minimum atomic E-state index is -0.626. The summed E-state index contributed by atoms with van der Waals surface area (Å²) in [7, 11) is 1.50. The lowest BCUT2D eigenvalue weighted by molar-refractivity contribution is 0.0952. The number of hydrazone groups is 1. The molecule has 2 aromatic carbocycles. The van der Waals surface area contributed by atoms with E-state index in [9.17, 15) is 15.0 Å². The summed E-state index contributed by atoms with van der Waals surface area (Å²) >= 11 is 5.77. The van der Waals surface area contributed by atoms with E-state index in [1.54, 1.807) is 12.1 Å². The zero-order chi connectivity index (χ0) is 16.1. The summed E-state index contributed by atoms with van der Waals surface area (Å²) in [5.41, 5.74) is 2.61. The molecule has 0 aromatic heterocycles. The first kappa shape index (κ1) is 15.7. The van der Waals surface area contributed by atoms with Crippen molar-refractivity contribution in [2.75, 3.05) is 7.11 Å². The molecular weight excluding hydrogens is 308 g/mol. The topological polar surface area (TPSA) is 91.2 Å². The van der Waals surface area contributed by atoms with Crippen LogP contribution in [0.2, 0.25) is 5.02 Å². The van der Waals surface area contributed by atoms with Gasteiger partial charge in [0.25, 0.3) is 5.91 Å². The maximum Gasteiger partial charge on any atom is 0.275 e. The van der Waals surface area contributed by atoms with Crippen molar-refractivity contribution in [1.82, 2.24) is 5.43 Å². The number of nitrogens with zero attached hydrogens (tertiary/aromatic N) is 1. The van der Waals surface area contributed by atoms with Crippen LogP contribution in [-0.4, -0.2) is 29.4 Å². The molecule has 0 radical (unpaired) electrons. The number of halogens is 1. The molecule has 0 unspecified atom stereocenters. The predicted octanol–water partition coefficient (Wildman–Crippen LogP) is 2.52. The van der Waals surface area contributed by atoms with E-state index in [1.165, 1.54) is 37.6 Å². The Hall–Kier alpha value is -2.73. The van der Waals surface area contributed by atoms with Crippen molar-refractivity contribution >= 4 is 23.7 Å². The van der Waals surface area contributed by atoms with E-state index in [0.29, 0.717) is 16.3 Å². The molecule has 3 N–H and O–H groups in total. The summed E-state index contributed by atoms with van der Waals surface area (Å²) < 4.78 is 5.03. The first-order valence-corrected chi connectivity index (χ1v) is 6.58. The first-order chi connectivity index (χ1) is 10.5. The number of phenolic OH excluding ortho intramolecular Hbond substituents is 2. The third-order valence-corrected chi connectivity index (χ3v) is 3.04. The van der Waals surface area contributed by atoms with Gasteiger partial charge in [-0.05, 0) is 36.4 Å². The maximum absolute atomic E-state index is 11.9. The van der Waals surface area contributed by atoms with E-state index < -0.39 is 5.91 Å². The molecule has 2 rings (SSSR count). The van der Waals surface area contributed by atoms with Crippen LogP contribution in [0.15, 0.2) is 41.5 Å².